The second-order valence-electron chi connectivity index (χ2n) is 7.44. The Labute approximate surface area is 136 Å². The SMILES string of the molecule is CC(C)(C)OC(=O)N1[C@@H]2CC[C@@H]1CC(Oc1ccc(F)cc1)C2. The monoisotopic (exact) mass is 321 g/mol. The zero-order valence-electron chi connectivity index (χ0n) is 13.9. The van der Waals surface area contributed by atoms with Gasteiger partial charge in [0.1, 0.15) is 23.3 Å². The second-order valence-corrected chi connectivity index (χ2v) is 7.44. The van der Waals surface area contributed by atoms with Crippen LogP contribution in [0.25, 0.3) is 0 Å². The van der Waals surface area contributed by atoms with Gasteiger partial charge in [0.2, 0.25) is 0 Å². The average molecular weight is 321 g/mol. The van der Waals surface area contributed by atoms with Gasteiger partial charge in [0, 0.05) is 24.9 Å². The van der Waals surface area contributed by atoms with Gasteiger partial charge in [0.25, 0.3) is 0 Å². The van der Waals surface area contributed by atoms with Crippen LogP contribution in [0.4, 0.5) is 9.18 Å². The first kappa shape index (κ1) is 16.1. The smallest absolute Gasteiger partial charge is 0.410 e. The number of piperidine rings is 1. The summed E-state index contributed by atoms with van der Waals surface area (Å²) in [6, 6.07) is 6.46. The molecular formula is C18H24FNO3. The number of amides is 1. The minimum absolute atomic E-state index is 0.0663. The van der Waals surface area contributed by atoms with E-state index in [0.29, 0.717) is 5.75 Å². The summed E-state index contributed by atoms with van der Waals surface area (Å²) < 4.78 is 24.5. The summed E-state index contributed by atoms with van der Waals surface area (Å²) in [5.41, 5.74) is -0.474. The van der Waals surface area contributed by atoms with Crippen molar-refractivity contribution < 1.29 is 18.7 Å². The summed E-state index contributed by atoms with van der Waals surface area (Å²) in [7, 11) is 0. The lowest BCUT2D eigenvalue weighted by atomic mass is 10.00. The number of ether oxygens (including phenoxy) is 2. The van der Waals surface area contributed by atoms with Crippen LogP contribution in [0.15, 0.2) is 24.3 Å². The zero-order valence-corrected chi connectivity index (χ0v) is 13.9. The molecule has 0 aliphatic carbocycles. The van der Waals surface area contributed by atoms with Crippen LogP contribution in [0.1, 0.15) is 46.5 Å². The van der Waals surface area contributed by atoms with Gasteiger partial charge in [-0.25, -0.2) is 9.18 Å². The van der Waals surface area contributed by atoms with Crippen molar-refractivity contribution >= 4 is 6.09 Å². The molecule has 2 atom stereocenters. The fraction of sp³-hybridized carbons (Fsp3) is 0.611. The molecule has 2 heterocycles. The van der Waals surface area contributed by atoms with Crippen molar-refractivity contribution in [3.05, 3.63) is 30.1 Å². The van der Waals surface area contributed by atoms with Crippen LogP contribution in [0, 0.1) is 5.82 Å². The molecule has 4 nitrogen and oxygen atoms in total. The van der Waals surface area contributed by atoms with E-state index in [1.807, 2.05) is 25.7 Å². The maximum absolute atomic E-state index is 13.0. The van der Waals surface area contributed by atoms with Gasteiger partial charge in [0.15, 0.2) is 0 Å². The molecule has 5 heteroatoms. The van der Waals surface area contributed by atoms with E-state index in [4.69, 9.17) is 9.47 Å². The number of carbonyl (C=O) groups excluding carboxylic acids is 1. The van der Waals surface area contributed by atoms with Gasteiger partial charge in [-0.3, -0.25) is 0 Å². The Hall–Kier alpha value is -1.78. The third kappa shape index (κ3) is 3.77. The summed E-state index contributed by atoms with van der Waals surface area (Å²) in [6.07, 6.45) is 3.43. The second kappa shape index (κ2) is 6.02. The Morgan fingerprint density at radius 2 is 1.70 bits per heavy atom. The molecule has 0 spiro atoms. The topological polar surface area (TPSA) is 38.8 Å². The largest absolute Gasteiger partial charge is 0.490 e. The van der Waals surface area contributed by atoms with Crippen molar-refractivity contribution in [3.8, 4) is 5.75 Å². The summed E-state index contributed by atoms with van der Waals surface area (Å²) in [5.74, 6) is 0.415. The Morgan fingerprint density at radius 3 is 2.22 bits per heavy atom. The van der Waals surface area contributed by atoms with Crippen LogP contribution in [0.5, 0.6) is 5.75 Å². The van der Waals surface area contributed by atoms with Crippen LogP contribution in [-0.2, 0) is 4.74 Å². The van der Waals surface area contributed by atoms with E-state index in [2.05, 4.69) is 0 Å². The Balaban J connectivity index is 1.62. The molecule has 3 rings (SSSR count). The normalized spacial score (nSPS) is 27.0. The molecule has 2 bridgehead atoms. The molecule has 2 saturated heterocycles. The van der Waals surface area contributed by atoms with E-state index in [-0.39, 0.29) is 30.1 Å². The zero-order chi connectivity index (χ0) is 16.6. The predicted octanol–water partition coefficient (Wildman–Crippen LogP) is 4.14. The van der Waals surface area contributed by atoms with E-state index in [0.717, 1.165) is 25.7 Å². The molecule has 2 aliphatic heterocycles. The first-order valence-electron chi connectivity index (χ1n) is 8.25. The Bertz CT molecular complexity index is 553. The van der Waals surface area contributed by atoms with Crippen molar-refractivity contribution in [1.82, 2.24) is 4.90 Å². The van der Waals surface area contributed by atoms with Gasteiger partial charge < -0.3 is 14.4 Å². The number of rotatable bonds is 2. The highest BCUT2D eigenvalue weighted by Crippen LogP contribution is 2.38. The molecular weight excluding hydrogens is 297 g/mol. The molecule has 126 valence electrons. The minimum atomic E-state index is -0.474. The lowest BCUT2D eigenvalue weighted by Crippen LogP contribution is -2.50. The van der Waals surface area contributed by atoms with E-state index >= 15 is 0 Å². The Kier molecular flexibility index (Phi) is 4.21. The number of fused-ring (bicyclic) bond motifs is 2. The van der Waals surface area contributed by atoms with Crippen LogP contribution < -0.4 is 4.74 Å². The number of nitrogens with zero attached hydrogens (tertiary/aromatic N) is 1. The lowest BCUT2D eigenvalue weighted by molar-refractivity contribution is -0.00708. The van der Waals surface area contributed by atoms with Gasteiger partial charge in [0.05, 0.1) is 0 Å². The first-order chi connectivity index (χ1) is 10.8. The standard InChI is InChI=1S/C18H24FNO3/c1-18(2,3)23-17(21)20-13-6-7-14(20)11-16(10-13)22-15-8-4-12(19)5-9-15/h4-5,8-9,13-14,16H,6-7,10-11H2,1-3H3/t13-,14-/m1/s1. The quantitative estimate of drug-likeness (QED) is 0.822. The highest BCUT2D eigenvalue weighted by Gasteiger charge is 2.45. The fourth-order valence-corrected chi connectivity index (χ4v) is 3.54. The molecule has 0 radical (unpaired) electrons. The molecule has 0 N–H and O–H groups in total. The summed E-state index contributed by atoms with van der Waals surface area (Å²) in [6.45, 7) is 5.66. The highest BCUT2D eigenvalue weighted by molar-refractivity contribution is 5.69. The Morgan fingerprint density at radius 1 is 1.13 bits per heavy atom. The van der Waals surface area contributed by atoms with Gasteiger partial charge in [-0.2, -0.15) is 0 Å². The summed E-state index contributed by atoms with van der Waals surface area (Å²) in [5, 5.41) is 0. The molecule has 0 saturated carbocycles. The van der Waals surface area contributed by atoms with Crippen molar-refractivity contribution in [3.63, 3.8) is 0 Å². The predicted molar refractivity (Wildman–Crippen MR) is 84.9 cm³/mol. The van der Waals surface area contributed by atoms with Crippen LogP contribution in [0.3, 0.4) is 0 Å². The van der Waals surface area contributed by atoms with Gasteiger partial charge in [-0.1, -0.05) is 0 Å². The number of hydrogen-bond donors (Lipinski definition) is 0. The van der Waals surface area contributed by atoms with Gasteiger partial charge in [-0.15, -0.1) is 0 Å². The maximum atomic E-state index is 13.0. The number of carbonyl (C=O) groups is 1. The number of halogens is 1. The van der Waals surface area contributed by atoms with E-state index in [9.17, 15) is 9.18 Å². The fourth-order valence-electron chi connectivity index (χ4n) is 3.54. The molecule has 23 heavy (non-hydrogen) atoms. The third-order valence-electron chi connectivity index (χ3n) is 4.41. The van der Waals surface area contributed by atoms with E-state index in [1.165, 1.54) is 12.1 Å². The van der Waals surface area contributed by atoms with Crippen molar-refractivity contribution in [1.29, 1.82) is 0 Å². The van der Waals surface area contributed by atoms with Crippen molar-refractivity contribution in [2.75, 3.05) is 0 Å². The molecule has 1 aromatic carbocycles. The first-order valence-corrected chi connectivity index (χ1v) is 8.25. The average Bonchev–Trinajstić information content (AvgIpc) is 2.72. The van der Waals surface area contributed by atoms with Crippen LogP contribution in [-0.4, -0.2) is 34.8 Å². The molecule has 0 aromatic heterocycles. The van der Waals surface area contributed by atoms with Gasteiger partial charge in [-0.05, 0) is 57.9 Å². The molecule has 2 aliphatic rings. The van der Waals surface area contributed by atoms with E-state index in [1.54, 1.807) is 12.1 Å². The molecule has 1 aromatic rings. The minimum Gasteiger partial charge on any atom is -0.490 e. The van der Waals surface area contributed by atoms with E-state index < -0.39 is 5.60 Å². The van der Waals surface area contributed by atoms with Gasteiger partial charge >= 0.3 is 6.09 Å². The summed E-state index contributed by atoms with van der Waals surface area (Å²) >= 11 is 0. The lowest BCUT2D eigenvalue weighted by Gasteiger charge is -2.39. The molecule has 1 amide bonds. The molecule has 2 fully saturated rings. The van der Waals surface area contributed by atoms with Crippen molar-refractivity contribution in [2.45, 2.75) is 70.2 Å². The van der Waals surface area contributed by atoms with Crippen LogP contribution in [0.2, 0.25) is 0 Å². The van der Waals surface area contributed by atoms with Crippen LogP contribution >= 0.6 is 0 Å². The maximum Gasteiger partial charge on any atom is 0.410 e. The number of hydrogen-bond acceptors (Lipinski definition) is 3. The number of benzene rings is 1. The highest BCUT2D eigenvalue weighted by atomic mass is 19.1. The summed E-state index contributed by atoms with van der Waals surface area (Å²) in [4.78, 5) is 14.3. The van der Waals surface area contributed by atoms with Crippen molar-refractivity contribution in [2.24, 2.45) is 0 Å². The molecule has 0 unspecified atom stereocenters. The third-order valence-corrected chi connectivity index (χ3v) is 4.41.